The summed E-state index contributed by atoms with van der Waals surface area (Å²) in [6, 6.07) is 5.12. The number of sulfone groups is 1. The van der Waals surface area contributed by atoms with Crippen LogP contribution >= 0.6 is 0 Å². The Morgan fingerprint density at radius 3 is 2.59 bits per heavy atom. The summed E-state index contributed by atoms with van der Waals surface area (Å²) in [6.07, 6.45) is -6.91. The lowest BCUT2D eigenvalue weighted by Gasteiger charge is -2.40. The van der Waals surface area contributed by atoms with Crippen molar-refractivity contribution in [2.24, 2.45) is 0 Å². The zero-order valence-electron chi connectivity index (χ0n) is 14.1. The molecule has 6 atom stereocenters. The summed E-state index contributed by atoms with van der Waals surface area (Å²) in [5.74, 6) is 0. The normalized spacial score (nSPS) is 34.7. The fourth-order valence-electron chi connectivity index (χ4n) is 3.23. The van der Waals surface area contributed by atoms with Crippen molar-refractivity contribution in [3.8, 4) is 0 Å². The predicted octanol–water partition coefficient (Wildman–Crippen LogP) is -2.09. The minimum atomic E-state index is -3.61. The molecule has 2 aliphatic heterocycles. The molecule has 3 rings (SSSR count). The van der Waals surface area contributed by atoms with E-state index in [1.807, 2.05) is 0 Å². The lowest BCUT2D eigenvalue weighted by molar-refractivity contribution is -0.253. The monoisotopic (exact) mass is 403 g/mol. The summed E-state index contributed by atoms with van der Waals surface area (Å²) in [7, 11) is -3.61. The molecule has 1 fully saturated rings. The van der Waals surface area contributed by atoms with Crippen molar-refractivity contribution >= 4 is 15.9 Å². The fraction of sp³-hybridized carbons (Fsp3) is 0.562. The fourth-order valence-corrected chi connectivity index (χ4v) is 5.02. The highest BCUT2D eigenvalue weighted by Crippen LogP contribution is 2.31. The van der Waals surface area contributed by atoms with Gasteiger partial charge < -0.3 is 35.2 Å². The van der Waals surface area contributed by atoms with Crippen molar-refractivity contribution in [3.63, 3.8) is 0 Å². The average Bonchev–Trinajstić information content (AvgIpc) is 2.90. The minimum Gasteiger partial charge on any atom is -0.448 e. The molecule has 0 unspecified atom stereocenters. The molecule has 0 spiro atoms. The van der Waals surface area contributed by atoms with Gasteiger partial charge in [-0.15, -0.1) is 0 Å². The van der Waals surface area contributed by atoms with Gasteiger partial charge in [-0.25, -0.2) is 13.2 Å². The SMILES string of the molecule is O=C(N[C@@H]1[C@@H](O)[C@H](O)[C@@H](CO)O[C@H]1O)OC[C@@H]1Cc2ccccc2S1(=O)=O. The van der Waals surface area contributed by atoms with Crippen LogP contribution in [0.4, 0.5) is 4.79 Å². The smallest absolute Gasteiger partial charge is 0.407 e. The van der Waals surface area contributed by atoms with E-state index in [1.54, 1.807) is 18.2 Å². The number of rotatable bonds is 4. The molecule has 2 aliphatic rings. The summed E-state index contributed by atoms with van der Waals surface area (Å²) in [6.45, 7) is -1.04. The van der Waals surface area contributed by atoms with Gasteiger partial charge in [0.1, 0.15) is 36.2 Å². The van der Waals surface area contributed by atoms with Gasteiger partial charge in [0.2, 0.25) is 0 Å². The second-order valence-electron chi connectivity index (χ2n) is 6.48. The maximum absolute atomic E-state index is 12.4. The molecule has 27 heavy (non-hydrogen) atoms. The third kappa shape index (κ3) is 3.79. The van der Waals surface area contributed by atoms with Crippen molar-refractivity contribution in [3.05, 3.63) is 29.8 Å². The molecule has 0 radical (unpaired) electrons. The van der Waals surface area contributed by atoms with Crippen LogP contribution in [0.15, 0.2) is 29.2 Å². The van der Waals surface area contributed by atoms with E-state index in [2.05, 4.69) is 5.32 Å². The van der Waals surface area contributed by atoms with E-state index in [4.69, 9.17) is 14.6 Å². The Hall–Kier alpha value is -1.76. The van der Waals surface area contributed by atoms with Crippen LogP contribution in [-0.4, -0.2) is 84.0 Å². The van der Waals surface area contributed by atoms with Gasteiger partial charge in [-0.3, -0.25) is 0 Å². The van der Waals surface area contributed by atoms with E-state index in [0.29, 0.717) is 5.56 Å². The van der Waals surface area contributed by atoms with Gasteiger partial charge in [-0.2, -0.15) is 0 Å². The summed E-state index contributed by atoms with van der Waals surface area (Å²) < 4.78 is 34.7. The summed E-state index contributed by atoms with van der Waals surface area (Å²) >= 11 is 0. The van der Waals surface area contributed by atoms with Crippen LogP contribution in [0.1, 0.15) is 5.56 Å². The van der Waals surface area contributed by atoms with Crippen LogP contribution in [0, 0.1) is 0 Å². The number of aliphatic hydroxyl groups excluding tert-OH is 4. The number of benzene rings is 1. The molecule has 11 heteroatoms. The van der Waals surface area contributed by atoms with Crippen molar-refractivity contribution < 1.29 is 43.1 Å². The van der Waals surface area contributed by atoms with Crippen molar-refractivity contribution in [1.82, 2.24) is 5.32 Å². The standard InChI is InChI=1S/C16H21NO9S/c18-6-10-13(19)14(20)12(15(21)26-10)17-16(22)25-7-9-5-8-3-1-2-4-11(8)27(9,23)24/h1-4,9-10,12-15,18-21H,5-7H2,(H,17,22)/t9-,10+,12+,13+,14+,15+/m0/s1. The summed E-state index contributed by atoms with van der Waals surface area (Å²) in [5, 5.41) is 39.8. The predicted molar refractivity (Wildman–Crippen MR) is 89.4 cm³/mol. The molecule has 10 nitrogen and oxygen atoms in total. The first kappa shape index (κ1) is 20.0. The Kier molecular flexibility index (Phi) is 5.70. The molecular formula is C16H21NO9S. The van der Waals surface area contributed by atoms with Crippen molar-refractivity contribution in [1.29, 1.82) is 0 Å². The zero-order chi connectivity index (χ0) is 19.8. The number of amides is 1. The second kappa shape index (κ2) is 7.70. The highest BCUT2D eigenvalue weighted by atomic mass is 32.2. The molecule has 1 amide bonds. The number of ether oxygens (including phenoxy) is 2. The molecule has 150 valence electrons. The Bertz CT molecular complexity index is 799. The van der Waals surface area contributed by atoms with E-state index >= 15 is 0 Å². The summed E-state index contributed by atoms with van der Waals surface area (Å²) in [4.78, 5) is 12.2. The van der Waals surface area contributed by atoms with Gasteiger partial charge in [-0.05, 0) is 18.1 Å². The van der Waals surface area contributed by atoms with E-state index in [0.717, 1.165) is 0 Å². The first-order valence-electron chi connectivity index (χ1n) is 8.31. The zero-order valence-corrected chi connectivity index (χ0v) is 14.9. The number of fused-ring (bicyclic) bond motifs is 1. The highest BCUT2D eigenvalue weighted by Gasteiger charge is 2.45. The molecule has 2 heterocycles. The third-order valence-corrected chi connectivity index (χ3v) is 6.94. The lowest BCUT2D eigenvalue weighted by Crippen LogP contribution is -2.64. The van der Waals surface area contributed by atoms with E-state index in [1.165, 1.54) is 6.07 Å². The minimum absolute atomic E-state index is 0.209. The molecular weight excluding hydrogens is 382 g/mol. The topological polar surface area (TPSA) is 163 Å². The van der Waals surface area contributed by atoms with Crippen LogP contribution in [0.25, 0.3) is 0 Å². The third-order valence-electron chi connectivity index (χ3n) is 4.75. The maximum atomic E-state index is 12.4. The quantitative estimate of drug-likeness (QED) is 0.379. The first-order valence-corrected chi connectivity index (χ1v) is 9.86. The second-order valence-corrected chi connectivity index (χ2v) is 8.67. The van der Waals surface area contributed by atoms with E-state index in [9.17, 15) is 28.5 Å². The number of aliphatic hydroxyl groups is 4. The maximum Gasteiger partial charge on any atom is 0.407 e. The largest absolute Gasteiger partial charge is 0.448 e. The number of nitrogens with one attached hydrogen (secondary N) is 1. The van der Waals surface area contributed by atoms with E-state index in [-0.39, 0.29) is 11.3 Å². The molecule has 0 bridgehead atoms. The van der Waals surface area contributed by atoms with Crippen LogP contribution in [0.2, 0.25) is 0 Å². The molecule has 0 saturated carbocycles. The Labute approximate surface area is 155 Å². The van der Waals surface area contributed by atoms with Crippen molar-refractivity contribution in [2.45, 2.75) is 47.2 Å². The van der Waals surface area contributed by atoms with Crippen LogP contribution in [-0.2, 0) is 25.7 Å². The van der Waals surface area contributed by atoms with Gasteiger partial charge in [-0.1, -0.05) is 18.2 Å². The molecule has 5 N–H and O–H groups in total. The number of carbonyl (C=O) groups excluding carboxylic acids is 1. The highest BCUT2D eigenvalue weighted by molar-refractivity contribution is 7.92. The first-order chi connectivity index (χ1) is 12.8. The van der Waals surface area contributed by atoms with Crippen LogP contribution < -0.4 is 5.32 Å². The average molecular weight is 403 g/mol. The van der Waals surface area contributed by atoms with Crippen molar-refractivity contribution in [2.75, 3.05) is 13.2 Å². The Morgan fingerprint density at radius 2 is 1.93 bits per heavy atom. The molecule has 0 aliphatic carbocycles. The summed E-state index contributed by atoms with van der Waals surface area (Å²) in [5.41, 5.74) is 0.649. The van der Waals surface area contributed by atoms with Crippen LogP contribution in [0.5, 0.6) is 0 Å². The number of alkyl carbamates (subject to hydrolysis) is 1. The van der Waals surface area contributed by atoms with Gasteiger partial charge in [0.05, 0.1) is 11.5 Å². The van der Waals surface area contributed by atoms with Gasteiger partial charge >= 0.3 is 6.09 Å². The molecule has 0 aromatic heterocycles. The molecule has 1 saturated heterocycles. The van der Waals surface area contributed by atoms with Gasteiger partial charge in [0.25, 0.3) is 0 Å². The Balaban J connectivity index is 1.58. The van der Waals surface area contributed by atoms with Crippen LogP contribution in [0.3, 0.4) is 0 Å². The number of carbonyl (C=O) groups is 1. The van der Waals surface area contributed by atoms with E-state index < -0.39 is 65.0 Å². The van der Waals surface area contributed by atoms with Gasteiger partial charge in [0, 0.05) is 0 Å². The number of hydrogen-bond donors (Lipinski definition) is 5. The number of hydrogen-bond acceptors (Lipinski definition) is 9. The molecule has 1 aromatic rings. The molecule has 1 aromatic carbocycles. The van der Waals surface area contributed by atoms with Gasteiger partial charge in [0.15, 0.2) is 16.1 Å². The Morgan fingerprint density at radius 1 is 1.22 bits per heavy atom. The lowest BCUT2D eigenvalue weighted by atomic mass is 9.97.